The van der Waals surface area contributed by atoms with Crippen LogP contribution in [-0.2, 0) is 0 Å². The van der Waals surface area contributed by atoms with E-state index in [9.17, 15) is 9.18 Å². The lowest BCUT2D eigenvalue weighted by Gasteiger charge is -2.22. The van der Waals surface area contributed by atoms with Gasteiger partial charge in [-0.2, -0.15) is 0 Å². The molecule has 31 heavy (non-hydrogen) atoms. The number of halogens is 1. The van der Waals surface area contributed by atoms with E-state index in [0.717, 1.165) is 32.4 Å². The molecule has 6 nitrogen and oxygen atoms in total. The SMILES string of the molecule is CCCCOc1ccc2c(=O)n(-c3ccc(N4CC[C@@H](N(C)C)C4)c(F)c3)cnc2c1. The molecule has 0 aliphatic carbocycles. The van der Waals surface area contributed by atoms with Crippen molar-refractivity contribution in [2.45, 2.75) is 32.2 Å². The van der Waals surface area contributed by atoms with E-state index >= 15 is 0 Å². The molecule has 0 spiro atoms. The zero-order chi connectivity index (χ0) is 22.0. The molecule has 0 saturated carbocycles. The number of nitrogens with zero attached hydrogens (tertiary/aromatic N) is 4. The Hall–Kier alpha value is -2.93. The minimum absolute atomic E-state index is 0.230. The molecule has 7 heteroatoms. The highest BCUT2D eigenvalue weighted by Gasteiger charge is 2.26. The van der Waals surface area contributed by atoms with Crippen molar-refractivity contribution in [3.05, 3.63) is 58.9 Å². The van der Waals surface area contributed by atoms with Gasteiger partial charge in [0, 0.05) is 31.3 Å². The molecule has 1 saturated heterocycles. The minimum atomic E-state index is -0.330. The molecule has 4 rings (SSSR count). The van der Waals surface area contributed by atoms with Crippen LogP contribution in [0.2, 0.25) is 0 Å². The number of hydrogen-bond acceptors (Lipinski definition) is 5. The second kappa shape index (κ2) is 9.06. The number of fused-ring (bicyclic) bond motifs is 1. The predicted octanol–water partition coefficient (Wildman–Crippen LogP) is 3.84. The number of rotatable bonds is 7. The molecule has 1 aliphatic heterocycles. The van der Waals surface area contributed by atoms with Crippen LogP contribution in [0.25, 0.3) is 16.6 Å². The summed E-state index contributed by atoms with van der Waals surface area (Å²) in [4.78, 5) is 21.7. The molecule has 1 aliphatic rings. The molecule has 0 radical (unpaired) electrons. The fourth-order valence-electron chi connectivity index (χ4n) is 3.99. The van der Waals surface area contributed by atoms with Gasteiger partial charge in [-0.3, -0.25) is 9.36 Å². The van der Waals surface area contributed by atoms with Gasteiger partial charge in [-0.15, -0.1) is 0 Å². The highest BCUT2D eigenvalue weighted by atomic mass is 19.1. The molecule has 3 aromatic rings. The molecule has 0 amide bonds. The van der Waals surface area contributed by atoms with Crippen LogP contribution in [0.5, 0.6) is 5.75 Å². The van der Waals surface area contributed by atoms with E-state index in [4.69, 9.17) is 4.74 Å². The van der Waals surface area contributed by atoms with E-state index in [1.807, 2.05) is 14.1 Å². The number of likely N-dealkylation sites (N-methyl/N-ethyl adjacent to an activating group) is 1. The summed E-state index contributed by atoms with van der Waals surface area (Å²) in [6.45, 7) is 4.36. The zero-order valence-electron chi connectivity index (χ0n) is 18.3. The van der Waals surface area contributed by atoms with Crippen molar-refractivity contribution < 1.29 is 9.13 Å². The number of benzene rings is 2. The molecule has 2 aromatic carbocycles. The zero-order valence-corrected chi connectivity index (χ0v) is 18.3. The van der Waals surface area contributed by atoms with Gasteiger partial charge in [0.1, 0.15) is 17.9 Å². The van der Waals surface area contributed by atoms with Gasteiger partial charge in [0.25, 0.3) is 5.56 Å². The Morgan fingerprint density at radius 3 is 2.77 bits per heavy atom. The quantitative estimate of drug-likeness (QED) is 0.540. The van der Waals surface area contributed by atoms with E-state index in [1.54, 1.807) is 30.3 Å². The lowest BCUT2D eigenvalue weighted by molar-refractivity contribution is 0.310. The molecule has 1 atom stereocenters. The van der Waals surface area contributed by atoms with Gasteiger partial charge in [0.05, 0.1) is 28.9 Å². The molecule has 0 bridgehead atoms. The third-order valence-corrected chi connectivity index (χ3v) is 5.94. The van der Waals surface area contributed by atoms with Gasteiger partial charge in [-0.25, -0.2) is 9.37 Å². The molecular formula is C24H29FN4O2. The van der Waals surface area contributed by atoms with Crippen LogP contribution in [0, 0.1) is 5.82 Å². The van der Waals surface area contributed by atoms with Crippen molar-refractivity contribution >= 4 is 16.6 Å². The standard InChI is InChI=1S/C24H29FN4O2/c1-4-5-12-31-19-7-8-20-22(14-19)26-16-29(24(20)30)17-6-9-23(21(25)13-17)28-11-10-18(15-28)27(2)3/h6-9,13-14,16,18H,4-5,10-12,15H2,1-3H3/t18-/m1/s1. The second-order valence-corrected chi connectivity index (χ2v) is 8.29. The van der Waals surface area contributed by atoms with Crippen LogP contribution in [0.15, 0.2) is 47.5 Å². The highest BCUT2D eigenvalue weighted by Crippen LogP contribution is 2.27. The summed E-state index contributed by atoms with van der Waals surface area (Å²) in [6.07, 6.45) is 4.49. The molecule has 0 unspecified atom stereocenters. The van der Waals surface area contributed by atoms with Crippen molar-refractivity contribution in [3.8, 4) is 11.4 Å². The fraction of sp³-hybridized carbons (Fsp3) is 0.417. The molecule has 164 valence electrons. The highest BCUT2D eigenvalue weighted by molar-refractivity contribution is 5.79. The van der Waals surface area contributed by atoms with Crippen molar-refractivity contribution in [2.24, 2.45) is 0 Å². The van der Waals surface area contributed by atoms with Crippen LogP contribution >= 0.6 is 0 Å². The number of aromatic nitrogens is 2. The second-order valence-electron chi connectivity index (χ2n) is 8.29. The number of unbranched alkanes of at least 4 members (excludes halogenated alkanes) is 1. The minimum Gasteiger partial charge on any atom is -0.494 e. The van der Waals surface area contributed by atoms with Crippen molar-refractivity contribution in [3.63, 3.8) is 0 Å². The largest absolute Gasteiger partial charge is 0.494 e. The van der Waals surface area contributed by atoms with E-state index in [2.05, 4.69) is 21.7 Å². The van der Waals surface area contributed by atoms with E-state index in [-0.39, 0.29) is 11.4 Å². The lowest BCUT2D eigenvalue weighted by Crippen LogP contribution is -2.31. The van der Waals surface area contributed by atoms with Crippen molar-refractivity contribution in [2.75, 3.05) is 38.7 Å². The van der Waals surface area contributed by atoms with Crippen LogP contribution in [0.4, 0.5) is 10.1 Å². The van der Waals surface area contributed by atoms with Gasteiger partial charge in [0.2, 0.25) is 0 Å². The normalized spacial score (nSPS) is 16.4. The smallest absolute Gasteiger partial charge is 0.265 e. The average molecular weight is 425 g/mol. The Kier molecular flexibility index (Phi) is 6.23. The van der Waals surface area contributed by atoms with Crippen molar-refractivity contribution in [1.82, 2.24) is 14.5 Å². The Bertz CT molecular complexity index is 1130. The molecule has 0 N–H and O–H groups in total. The summed E-state index contributed by atoms with van der Waals surface area (Å²) in [5.74, 6) is 0.367. The fourth-order valence-corrected chi connectivity index (χ4v) is 3.99. The molecule has 1 aromatic heterocycles. The third-order valence-electron chi connectivity index (χ3n) is 5.94. The summed E-state index contributed by atoms with van der Waals surface area (Å²) in [7, 11) is 4.10. The first-order chi connectivity index (χ1) is 15.0. The maximum Gasteiger partial charge on any atom is 0.265 e. The van der Waals surface area contributed by atoms with Gasteiger partial charge in [-0.05, 0) is 51.2 Å². The third kappa shape index (κ3) is 4.42. The summed E-state index contributed by atoms with van der Waals surface area (Å²) in [6, 6.07) is 10.6. The topological polar surface area (TPSA) is 50.6 Å². The van der Waals surface area contributed by atoms with Gasteiger partial charge in [0.15, 0.2) is 0 Å². The lowest BCUT2D eigenvalue weighted by atomic mass is 10.2. The Balaban J connectivity index is 1.60. The molecule has 2 heterocycles. The van der Waals surface area contributed by atoms with Gasteiger partial charge >= 0.3 is 0 Å². The monoisotopic (exact) mass is 424 g/mol. The van der Waals surface area contributed by atoms with E-state index in [1.165, 1.54) is 17.0 Å². The van der Waals surface area contributed by atoms with Crippen LogP contribution in [0.1, 0.15) is 26.2 Å². The maximum absolute atomic E-state index is 15.0. The van der Waals surface area contributed by atoms with Gasteiger partial charge < -0.3 is 14.5 Å². The maximum atomic E-state index is 15.0. The van der Waals surface area contributed by atoms with E-state index in [0.29, 0.717) is 40.7 Å². The Morgan fingerprint density at radius 2 is 2.06 bits per heavy atom. The Morgan fingerprint density at radius 1 is 1.23 bits per heavy atom. The Labute approximate surface area is 181 Å². The summed E-state index contributed by atoms with van der Waals surface area (Å²) < 4.78 is 22.0. The first-order valence-electron chi connectivity index (χ1n) is 10.8. The van der Waals surface area contributed by atoms with Gasteiger partial charge in [-0.1, -0.05) is 13.3 Å². The summed E-state index contributed by atoms with van der Waals surface area (Å²) in [5.41, 5.74) is 1.38. The van der Waals surface area contributed by atoms with Crippen LogP contribution in [0.3, 0.4) is 0 Å². The van der Waals surface area contributed by atoms with Crippen LogP contribution < -0.4 is 15.2 Å². The molecular weight excluding hydrogens is 395 g/mol. The predicted molar refractivity (Wildman–Crippen MR) is 122 cm³/mol. The first-order valence-corrected chi connectivity index (χ1v) is 10.8. The van der Waals surface area contributed by atoms with Crippen LogP contribution in [-0.4, -0.2) is 54.3 Å². The van der Waals surface area contributed by atoms with E-state index < -0.39 is 0 Å². The number of ether oxygens (including phenoxy) is 1. The molecule has 1 fully saturated rings. The average Bonchev–Trinajstić information content (AvgIpc) is 3.24. The first kappa shape index (κ1) is 21.3. The summed E-state index contributed by atoms with van der Waals surface area (Å²) in [5, 5.41) is 0.475. The number of anilines is 1. The summed E-state index contributed by atoms with van der Waals surface area (Å²) >= 11 is 0. The van der Waals surface area contributed by atoms with Crippen molar-refractivity contribution in [1.29, 1.82) is 0 Å². The number of hydrogen-bond donors (Lipinski definition) is 0.